The van der Waals surface area contributed by atoms with Crippen LogP contribution in [0.2, 0.25) is 0 Å². The van der Waals surface area contributed by atoms with Gasteiger partial charge in [-0.2, -0.15) is 13.2 Å². The smallest absolute Gasteiger partial charge is 0.386 e. The first-order chi connectivity index (χ1) is 29.0. The molecule has 3 saturated heterocycles. The van der Waals surface area contributed by atoms with E-state index in [1.807, 2.05) is 12.1 Å². The Labute approximate surface area is 353 Å². The summed E-state index contributed by atoms with van der Waals surface area (Å²) in [6.07, 6.45) is 2.26. The van der Waals surface area contributed by atoms with Gasteiger partial charge in [0.15, 0.2) is 0 Å². The van der Waals surface area contributed by atoms with Gasteiger partial charge in [0.1, 0.15) is 17.4 Å². The van der Waals surface area contributed by atoms with Gasteiger partial charge in [-0.05, 0) is 114 Å². The number of imidazole rings is 1. The van der Waals surface area contributed by atoms with Gasteiger partial charge in [-0.15, -0.1) is 11.3 Å². The minimum atomic E-state index is -4.69. The van der Waals surface area contributed by atoms with Crippen LogP contribution in [0.5, 0.6) is 0 Å². The van der Waals surface area contributed by atoms with Gasteiger partial charge >= 0.3 is 11.9 Å². The van der Waals surface area contributed by atoms with E-state index in [4.69, 9.17) is 4.98 Å². The highest BCUT2D eigenvalue weighted by atomic mass is 32.1. The molecule has 6 heterocycles. The second-order valence-corrected chi connectivity index (χ2v) is 19.1. The summed E-state index contributed by atoms with van der Waals surface area (Å²) in [7, 11) is 1.75. The molecule has 17 heteroatoms. The summed E-state index contributed by atoms with van der Waals surface area (Å²) < 4.78 is 43.8. The van der Waals surface area contributed by atoms with Crippen LogP contribution in [0.4, 0.5) is 24.5 Å². The first-order valence-corrected chi connectivity index (χ1v) is 21.8. The van der Waals surface area contributed by atoms with Gasteiger partial charge in [-0.1, -0.05) is 12.1 Å². The number of benzene rings is 2. The van der Waals surface area contributed by atoms with Crippen LogP contribution in [0.1, 0.15) is 104 Å². The quantitative estimate of drug-likeness (QED) is 0.145. The monoisotopic (exact) mass is 858 g/mol. The van der Waals surface area contributed by atoms with Crippen LogP contribution in [-0.4, -0.2) is 79.6 Å². The van der Waals surface area contributed by atoms with Crippen molar-refractivity contribution in [1.82, 2.24) is 29.3 Å². The lowest BCUT2D eigenvalue weighted by Crippen LogP contribution is -2.60. The molecule has 1 atom stereocenters. The fraction of sp³-hybridized carbons (Fsp3) is 0.500. The van der Waals surface area contributed by atoms with E-state index >= 15 is 0 Å². The number of fused-ring (bicyclic) bond motifs is 2. The van der Waals surface area contributed by atoms with Crippen LogP contribution in [0.15, 0.2) is 53.3 Å². The number of aromatic nitrogens is 4. The first kappa shape index (κ1) is 41.2. The Balaban J connectivity index is 0.799. The van der Waals surface area contributed by atoms with Crippen LogP contribution in [0, 0.1) is 11.3 Å². The average Bonchev–Trinajstić information content (AvgIpc) is 3.74. The number of aryl methyl sites for hydroxylation is 1. The van der Waals surface area contributed by atoms with E-state index in [-0.39, 0.29) is 29.1 Å². The second-order valence-electron chi connectivity index (χ2n) is 18.0. The number of alkyl halides is 3. The molecule has 4 aliphatic rings. The molecule has 3 aliphatic heterocycles. The first-order valence-electron chi connectivity index (χ1n) is 21.0. The Morgan fingerprint density at radius 2 is 1.70 bits per heavy atom. The lowest BCUT2D eigenvalue weighted by Gasteiger charge is -2.55. The van der Waals surface area contributed by atoms with Crippen molar-refractivity contribution in [3.8, 4) is 0 Å². The number of rotatable bonds is 8. The number of thiazole rings is 1. The molecule has 3 N–H and O–H groups in total. The van der Waals surface area contributed by atoms with Gasteiger partial charge in [-0.25, -0.2) is 14.8 Å². The largest absolute Gasteiger partial charge is 0.433 e. The van der Waals surface area contributed by atoms with Gasteiger partial charge in [0.2, 0.25) is 11.8 Å². The molecule has 61 heavy (non-hydrogen) atoms. The molecule has 1 spiro atoms. The zero-order valence-electron chi connectivity index (χ0n) is 34.3. The number of aliphatic hydroxyl groups is 1. The zero-order chi connectivity index (χ0) is 43.0. The molecule has 1 saturated carbocycles. The van der Waals surface area contributed by atoms with Crippen molar-refractivity contribution < 1.29 is 32.7 Å². The summed E-state index contributed by atoms with van der Waals surface area (Å²) in [6, 6.07) is 11.8. The van der Waals surface area contributed by atoms with E-state index in [1.165, 1.54) is 6.07 Å². The summed E-state index contributed by atoms with van der Waals surface area (Å²) >= 11 is 1.55. The molecule has 322 valence electrons. The molecule has 3 amide bonds. The molecule has 4 fully saturated rings. The van der Waals surface area contributed by atoms with Crippen LogP contribution in [0.3, 0.4) is 0 Å². The summed E-state index contributed by atoms with van der Waals surface area (Å²) in [6.45, 7) is 8.18. The van der Waals surface area contributed by atoms with Gasteiger partial charge in [-0.3, -0.25) is 28.8 Å². The Hall–Kier alpha value is -5.13. The lowest BCUT2D eigenvalue weighted by atomic mass is 9.71. The normalized spacial score (nSPS) is 22.5. The van der Waals surface area contributed by atoms with Crippen molar-refractivity contribution >= 4 is 61.7 Å². The van der Waals surface area contributed by atoms with Crippen molar-refractivity contribution in [2.24, 2.45) is 18.4 Å². The number of pyridine rings is 1. The summed E-state index contributed by atoms with van der Waals surface area (Å²) in [5.74, 6) is -0.659. The number of hydrogen-bond acceptors (Lipinski definition) is 10. The fourth-order valence-electron chi connectivity index (χ4n) is 10.0. The highest BCUT2D eigenvalue weighted by Crippen LogP contribution is 2.46. The van der Waals surface area contributed by atoms with E-state index in [2.05, 4.69) is 31.5 Å². The molecule has 5 aromatic rings. The Bertz CT molecular complexity index is 2600. The van der Waals surface area contributed by atoms with E-state index < -0.39 is 35.3 Å². The molecule has 13 nitrogen and oxygen atoms in total. The average molecular weight is 859 g/mol. The van der Waals surface area contributed by atoms with Crippen LogP contribution in [-0.2, 0) is 28.4 Å². The third kappa shape index (κ3) is 7.84. The Kier molecular flexibility index (Phi) is 10.4. The van der Waals surface area contributed by atoms with Gasteiger partial charge < -0.3 is 20.2 Å². The molecule has 1 unspecified atom stereocenters. The molecular formula is C44H49F3N8O5S. The minimum absolute atomic E-state index is 0.203. The Morgan fingerprint density at radius 1 is 0.984 bits per heavy atom. The number of amides is 3. The number of piperidine rings is 2. The number of carbonyl (C=O) groups is 3. The highest BCUT2D eigenvalue weighted by Gasteiger charge is 2.46. The maximum absolute atomic E-state index is 13.5. The van der Waals surface area contributed by atoms with Crippen molar-refractivity contribution in [3.63, 3.8) is 0 Å². The fourth-order valence-corrected chi connectivity index (χ4v) is 11.2. The Morgan fingerprint density at radius 3 is 2.39 bits per heavy atom. The van der Waals surface area contributed by atoms with Crippen molar-refractivity contribution in [1.29, 1.82) is 0 Å². The summed E-state index contributed by atoms with van der Waals surface area (Å²) in [5.41, 5.74) is 1.01. The predicted octanol–water partition coefficient (Wildman–Crippen LogP) is 6.70. The second kappa shape index (κ2) is 15.3. The SMILES string of the molecule is Cn1c(=O)n(C2CCC(=O)NC2=O)c2cccc(N3CC4(CCN(CC5CCC(c6nc7cc(C(C)(C)O)c(NC(=O)c8cccc(C(F)(F)F)n8)cc7s6)CC5)CC4)C3)c21. The minimum Gasteiger partial charge on any atom is -0.386 e. The summed E-state index contributed by atoms with van der Waals surface area (Å²) in [5, 5.41) is 17.1. The van der Waals surface area contributed by atoms with Crippen molar-refractivity contribution in [2.45, 2.75) is 89.0 Å². The number of nitrogens with one attached hydrogen (secondary N) is 2. The number of hydrogen-bond donors (Lipinski definition) is 3. The standard InChI is InChI=1S/C44H49F3N8O5S/c1-42(2,60)27-20-30-34(21-29(27)49-38(57)28-6-4-9-35(48-28)44(45,46)47)61-40(50-30)26-12-10-25(11-13-26)22-53-18-16-43(17-19-53)23-54(24-43)31-7-5-8-32-37(31)52(3)41(59)55(32)33-14-15-36(56)51-39(33)58/h4-9,20-21,25-26,33,60H,10-19,22-24H2,1-3H3,(H,49,57)(H,51,56,58). The topological polar surface area (TPSA) is 155 Å². The number of halogens is 3. The zero-order valence-corrected chi connectivity index (χ0v) is 35.2. The lowest BCUT2D eigenvalue weighted by molar-refractivity contribution is -0.141. The highest BCUT2D eigenvalue weighted by molar-refractivity contribution is 7.18. The van der Waals surface area contributed by atoms with E-state index in [1.54, 1.807) is 53.5 Å². The number of para-hydroxylation sites is 1. The number of nitrogens with zero attached hydrogens (tertiary/aromatic N) is 6. The molecule has 3 aromatic heterocycles. The molecule has 0 radical (unpaired) electrons. The van der Waals surface area contributed by atoms with Crippen LogP contribution < -0.4 is 21.2 Å². The molecule has 2 aromatic carbocycles. The van der Waals surface area contributed by atoms with Gasteiger partial charge in [0.05, 0.1) is 37.5 Å². The predicted molar refractivity (Wildman–Crippen MR) is 226 cm³/mol. The van der Waals surface area contributed by atoms with E-state index in [0.29, 0.717) is 40.5 Å². The molecular weight excluding hydrogens is 810 g/mol. The van der Waals surface area contributed by atoms with E-state index in [9.17, 15) is 37.5 Å². The van der Waals surface area contributed by atoms with Crippen molar-refractivity contribution in [3.05, 3.63) is 81.0 Å². The van der Waals surface area contributed by atoms with Gasteiger partial charge in [0, 0.05) is 55.7 Å². The van der Waals surface area contributed by atoms with Crippen molar-refractivity contribution in [2.75, 3.05) is 42.9 Å². The maximum atomic E-state index is 13.5. The number of carbonyl (C=O) groups excluding carboxylic acids is 3. The molecule has 1 aliphatic carbocycles. The number of anilines is 2. The van der Waals surface area contributed by atoms with Crippen LogP contribution >= 0.6 is 11.3 Å². The van der Waals surface area contributed by atoms with E-state index in [0.717, 1.165) is 104 Å². The molecule has 0 bridgehead atoms. The van der Waals surface area contributed by atoms with Gasteiger partial charge in [0.25, 0.3) is 5.91 Å². The summed E-state index contributed by atoms with van der Waals surface area (Å²) in [4.78, 5) is 64.5. The third-order valence-corrected chi connectivity index (χ3v) is 14.5. The molecule has 9 rings (SSSR count). The number of likely N-dealkylation sites (tertiary alicyclic amines) is 1. The van der Waals surface area contributed by atoms with Crippen LogP contribution in [0.25, 0.3) is 21.3 Å². The maximum Gasteiger partial charge on any atom is 0.433 e. The number of imide groups is 1. The third-order valence-electron chi connectivity index (χ3n) is 13.3.